The van der Waals surface area contributed by atoms with Crippen LogP contribution in [0.1, 0.15) is 13.8 Å². The standard InChI is InChI=1S/C9H16ClNO2/c1-4-8(2)11(5-6-13-3)9(12)7-10/h4H,5-7H2,1-3H3. The third-order valence-corrected chi connectivity index (χ3v) is 2.01. The van der Waals surface area contributed by atoms with E-state index in [1.165, 1.54) is 0 Å². The minimum absolute atomic E-state index is 0.00882. The summed E-state index contributed by atoms with van der Waals surface area (Å²) in [5.74, 6) is -0.0798. The van der Waals surface area contributed by atoms with Crippen LogP contribution in [0.4, 0.5) is 0 Å². The monoisotopic (exact) mass is 205 g/mol. The number of carbonyl (C=O) groups is 1. The summed E-state index contributed by atoms with van der Waals surface area (Å²) in [5, 5.41) is 0. The molecule has 4 heteroatoms. The highest BCUT2D eigenvalue weighted by molar-refractivity contribution is 6.27. The predicted octanol–water partition coefficient (Wildman–Crippen LogP) is 1.62. The molecule has 76 valence electrons. The molecule has 0 aromatic heterocycles. The topological polar surface area (TPSA) is 29.5 Å². The predicted molar refractivity (Wildman–Crippen MR) is 53.7 cm³/mol. The average molecular weight is 206 g/mol. The van der Waals surface area contributed by atoms with Gasteiger partial charge in [-0.25, -0.2) is 0 Å². The van der Waals surface area contributed by atoms with Gasteiger partial charge in [0.25, 0.3) is 0 Å². The molecule has 0 rings (SSSR count). The number of alkyl halides is 1. The molecule has 0 N–H and O–H groups in total. The van der Waals surface area contributed by atoms with Crippen LogP contribution in [-0.2, 0) is 9.53 Å². The lowest BCUT2D eigenvalue weighted by Crippen LogP contribution is -2.33. The molecule has 0 saturated heterocycles. The van der Waals surface area contributed by atoms with Crippen molar-refractivity contribution in [1.82, 2.24) is 4.90 Å². The summed E-state index contributed by atoms with van der Waals surface area (Å²) >= 11 is 5.47. The molecule has 0 saturated carbocycles. The Labute approximate surface area is 84.3 Å². The van der Waals surface area contributed by atoms with Crippen molar-refractivity contribution in [3.05, 3.63) is 11.8 Å². The summed E-state index contributed by atoms with van der Waals surface area (Å²) in [5.41, 5.74) is 0.905. The second kappa shape index (κ2) is 6.92. The van der Waals surface area contributed by atoms with Gasteiger partial charge in [-0.3, -0.25) is 4.79 Å². The van der Waals surface area contributed by atoms with Gasteiger partial charge in [0.05, 0.1) is 6.61 Å². The van der Waals surface area contributed by atoms with Gasteiger partial charge in [-0.2, -0.15) is 0 Å². The molecule has 0 aromatic rings. The van der Waals surface area contributed by atoms with E-state index < -0.39 is 0 Å². The van der Waals surface area contributed by atoms with E-state index in [-0.39, 0.29) is 11.8 Å². The summed E-state index contributed by atoms with van der Waals surface area (Å²) in [7, 11) is 1.61. The third-order valence-electron chi connectivity index (χ3n) is 1.78. The van der Waals surface area contributed by atoms with Gasteiger partial charge in [0, 0.05) is 19.4 Å². The molecule has 0 radical (unpaired) electrons. The number of halogens is 1. The number of hydrogen-bond donors (Lipinski definition) is 0. The number of carbonyl (C=O) groups excluding carboxylic acids is 1. The maximum atomic E-state index is 11.3. The lowest BCUT2D eigenvalue weighted by molar-refractivity contribution is -0.127. The van der Waals surface area contributed by atoms with Gasteiger partial charge < -0.3 is 9.64 Å². The Bertz CT molecular complexity index is 192. The van der Waals surface area contributed by atoms with Crippen molar-refractivity contribution >= 4 is 17.5 Å². The lowest BCUT2D eigenvalue weighted by Gasteiger charge is -2.21. The number of ether oxygens (including phenoxy) is 1. The quantitative estimate of drug-likeness (QED) is 0.639. The van der Waals surface area contributed by atoms with Crippen molar-refractivity contribution in [2.75, 3.05) is 26.1 Å². The van der Waals surface area contributed by atoms with Crippen LogP contribution in [0.15, 0.2) is 11.8 Å². The zero-order valence-corrected chi connectivity index (χ0v) is 9.10. The summed E-state index contributed by atoms with van der Waals surface area (Å²) in [4.78, 5) is 12.9. The van der Waals surface area contributed by atoms with E-state index in [4.69, 9.17) is 16.3 Å². The molecule has 0 aromatic carbocycles. The highest BCUT2D eigenvalue weighted by atomic mass is 35.5. The van der Waals surface area contributed by atoms with Crippen molar-refractivity contribution in [3.8, 4) is 0 Å². The van der Waals surface area contributed by atoms with Crippen LogP contribution in [0.3, 0.4) is 0 Å². The van der Waals surface area contributed by atoms with E-state index in [1.54, 1.807) is 12.0 Å². The second-order valence-electron chi connectivity index (χ2n) is 2.60. The Hall–Kier alpha value is -0.540. The van der Waals surface area contributed by atoms with Crippen LogP contribution in [0, 0.1) is 0 Å². The van der Waals surface area contributed by atoms with Crippen molar-refractivity contribution in [2.45, 2.75) is 13.8 Å². The molecular formula is C9H16ClNO2. The maximum absolute atomic E-state index is 11.3. The smallest absolute Gasteiger partial charge is 0.241 e. The van der Waals surface area contributed by atoms with Crippen molar-refractivity contribution < 1.29 is 9.53 Å². The molecule has 0 heterocycles. The zero-order chi connectivity index (χ0) is 10.3. The van der Waals surface area contributed by atoms with E-state index in [1.807, 2.05) is 19.9 Å². The molecule has 1 amide bonds. The van der Waals surface area contributed by atoms with Crippen LogP contribution < -0.4 is 0 Å². The minimum Gasteiger partial charge on any atom is -0.383 e. The van der Waals surface area contributed by atoms with Gasteiger partial charge in [-0.1, -0.05) is 6.08 Å². The number of methoxy groups -OCH3 is 1. The number of allylic oxidation sites excluding steroid dienone is 2. The van der Waals surface area contributed by atoms with Gasteiger partial charge in [0.15, 0.2) is 0 Å². The molecule has 0 fully saturated rings. The Morgan fingerprint density at radius 3 is 2.62 bits per heavy atom. The molecule has 13 heavy (non-hydrogen) atoms. The first-order valence-corrected chi connectivity index (χ1v) is 4.69. The second-order valence-corrected chi connectivity index (χ2v) is 2.87. The van der Waals surface area contributed by atoms with Crippen molar-refractivity contribution in [3.63, 3.8) is 0 Å². The fraction of sp³-hybridized carbons (Fsp3) is 0.667. The number of nitrogens with zero attached hydrogens (tertiary/aromatic N) is 1. The maximum Gasteiger partial charge on any atom is 0.241 e. The summed E-state index contributed by atoms with van der Waals surface area (Å²) in [6, 6.07) is 0. The highest BCUT2D eigenvalue weighted by Gasteiger charge is 2.12. The first-order chi connectivity index (χ1) is 6.17. The van der Waals surface area contributed by atoms with E-state index in [0.29, 0.717) is 13.2 Å². The molecule has 0 aliphatic rings. The minimum atomic E-state index is -0.0886. The van der Waals surface area contributed by atoms with Gasteiger partial charge in [0.1, 0.15) is 5.88 Å². The zero-order valence-electron chi connectivity index (χ0n) is 8.34. The van der Waals surface area contributed by atoms with Crippen LogP contribution in [0.25, 0.3) is 0 Å². The molecule has 0 aliphatic heterocycles. The lowest BCUT2D eigenvalue weighted by atomic mass is 10.3. The average Bonchev–Trinajstić information content (AvgIpc) is 2.17. The Morgan fingerprint density at radius 2 is 2.23 bits per heavy atom. The van der Waals surface area contributed by atoms with Crippen LogP contribution in [0.2, 0.25) is 0 Å². The molecule has 0 aliphatic carbocycles. The van der Waals surface area contributed by atoms with Gasteiger partial charge in [-0.15, -0.1) is 11.6 Å². The Morgan fingerprint density at radius 1 is 1.62 bits per heavy atom. The molecule has 3 nitrogen and oxygen atoms in total. The molecular weight excluding hydrogens is 190 g/mol. The van der Waals surface area contributed by atoms with E-state index in [2.05, 4.69) is 0 Å². The number of amides is 1. The fourth-order valence-corrected chi connectivity index (χ4v) is 1.05. The Balaban J connectivity index is 4.27. The van der Waals surface area contributed by atoms with E-state index in [9.17, 15) is 4.79 Å². The van der Waals surface area contributed by atoms with Crippen molar-refractivity contribution in [1.29, 1.82) is 0 Å². The fourth-order valence-electron chi connectivity index (χ4n) is 0.908. The normalized spacial score (nSPS) is 11.5. The van der Waals surface area contributed by atoms with Gasteiger partial charge >= 0.3 is 0 Å². The van der Waals surface area contributed by atoms with E-state index in [0.717, 1.165) is 5.70 Å². The first kappa shape index (κ1) is 12.5. The highest BCUT2D eigenvalue weighted by Crippen LogP contribution is 2.04. The molecule has 0 unspecified atom stereocenters. The van der Waals surface area contributed by atoms with Crippen LogP contribution >= 0.6 is 11.6 Å². The van der Waals surface area contributed by atoms with Gasteiger partial charge in [-0.05, 0) is 13.8 Å². The molecule has 0 spiro atoms. The number of hydrogen-bond acceptors (Lipinski definition) is 2. The largest absolute Gasteiger partial charge is 0.383 e. The summed E-state index contributed by atoms with van der Waals surface area (Å²) < 4.78 is 4.90. The molecule has 0 atom stereocenters. The first-order valence-electron chi connectivity index (χ1n) is 4.15. The van der Waals surface area contributed by atoms with Gasteiger partial charge in [0.2, 0.25) is 5.91 Å². The van der Waals surface area contributed by atoms with Crippen LogP contribution in [-0.4, -0.2) is 36.9 Å². The van der Waals surface area contributed by atoms with E-state index >= 15 is 0 Å². The third kappa shape index (κ3) is 4.29. The van der Waals surface area contributed by atoms with Crippen molar-refractivity contribution in [2.24, 2.45) is 0 Å². The number of rotatable bonds is 5. The summed E-state index contributed by atoms with van der Waals surface area (Å²) in [6.07, 6.45) is 1.88. The van der Waals surface area contributed by atoms with Crippen LogP contribution in [0.5, 0.6) is 0 Å². The Kier molecular flexibility index (Phi) is 6.63. The SMILES string of the molecule is CC=C(C)N(CCOC)C(=O)CCl. The summed E-state index contributed by atoms with van der Waals surface area (Å²) in [6.45, 7) is 4.84. The molecule has 0 bridgehead atoms.